The molecule has 1 N–H and O–H groups in total. The highest BCUT2D eigenvalue weighted by atomic mass is 15.3. The number of H-pyrrole nitrogens is 1. The van der Waals surface area contributed by atoms with Crippen LogP contribution < -0.4 is 0 Å². The fourth-order valence-electron chi connectivity index (χ4n) is 3.58. The number of hydrogen-bond donors (Lipinski definition) is 1. The van der Waals surface area contributed by atoms with Gasteiger partial charge in [0.05, 0.1) is 24.0 Å². The molecule has 3 heterocycles. The highest BCUT2D eigenvalue weighted by Gasteiger charge is 2.24. The second-order valence-corrected chi connectivity index (χ2v) is 6.22. The van der Waals surface area contributed by atoms with Gasteiger partial charge in [-0.25, -0.2) is 9.97 Å². The molecule has 2 unspecified atom stereocenters. The summed E-state index contributed by atoms with van der Waals surface area (Å²) in [6.07, 6.45) is 12.6. The van der Waals surface area contributed by atoms with E-state index in [9.17, 15) is 0 Å². The average Bonchev–Trinajstić information content (AvgIpc) is 3.24. The molecular weight excluding hydrogens is 288 g/mol. The zero-order valence-corrected chi connectivity index (χ0v) is 12.8. The lowest BCUT2D eigenvalue weighted by atomic mass is 9.84. The van der Waals surface area contributed by atoms with Crippen molar-refractivity contribution < 1.29 is 0 Å². The molecular formula is C17H18N6. The SMILES string of the molecule is N#CCC1CCCC(n2cc(-c3ncnc4[nH]ccc34)cn2)C1. The summed E-state index contributed by atoms with van der Waals surface area (Å²) in [5, 5.41) is 14.5. The van der Waals surface area contributed by atoms with Gasteiger partial charge < -0.3 is 4.98 Å². The van der Waals surface area contributed by atoms with Crippen molar-refractivity contribution in [2.45, 2.75) is 38.1 Å². The van der Waals surface area contributed by atoms with Crippen LogP contribution in [-0.2, 0) is 0 Å². The van der Waals surface area contributed by atoms with Gasteiger partial charge in [-0.05, 0) is 31.2 Å². The van der Waals surface area contributed by atoms with Gasteiger partial charge in [-0.15, -0.1) is 0 Å². The first kappa shape index (κ1) is 13.9. The van der Waals surface area contributed by atoms with Gasteiger partial charge in [0.1, 0.15) is 12.0 Å². The Balaban J connectivity index is 1.62. The van der Waals surface area contributed by atoms with E-state index in [0.29, 0.717) is 18.4 Å². The molecule has 1 aliphatic rings. The summed E-state index contributed by atoms with van der Waals surface area (Å²) in [7, 11) is 0. The summed E-state index contributed by atoms with van der Waals surface area (Å²) in [6, 6.07) is 4.69. The summed E-state index contributed by atoms with van der Waals surface area (Å²) in [4.78, 5) is 11.8. The van der Waals surface area contributed by atoms with Crippen molar-refractivity contribution in [1.29, 1.82) is 5.26 Å². The first-order valence-corrected chi connectivity index (χ1v) is 8.04. The van der Waals surface area contributed by atoms with Crippen molar-refractivity contribution in [1.82, 2.24) is 24.7 Å². The first-order chi connectivity index (χ1) is 11.3. The van der Waals surface area contributed by atoms with E-state index in [-0.39, 0.29) is 0 Å². The Bertz CT molecular complexity index is 855. The normalized spacial score (nSPS) is 21.3. The van der Waals surface area contributed by atoms with Crippen molar-refractivity contribution in [2.24, 2.45) is 5.92 Å². The van der Waals surface area contributed by atoms with Gasteiger partial charge in [0.2, 0.25) is 0 Å². The summed E-state index contributed by atoms with van der Waals surface area (Å²) >= 11 is 0. The van der Waals surface area contributed by atoms with Crippen molar-refractivity contribution >= 4 is 11.0 Å². The zero-order valence-electron chi connectivity index (χ0n) is 12.8. The molecule has 6 heteroatoms. The van der Waals surface area contributed by atoms with E-state index in [1.807, 2.05) is 18.5 Å². The molecule has 0 amide bonds. The fourth-order valence-corrected chi connectivity index (χ4v) is 3.58. The molecule has 0 bridgehead atoms. The van der Waals surface area contributed by atoms with Gasteiger partial charge >= 0.3 is 0 Å². The van der Waals surface area contributed by atoms with E-state index >= 15 is 0 Å². The summed E-state index contributed by atoms with van der Waals surface area (Å²) in [5.41, 5.74) is 2.76. The number of aromatic nitrogens is 5. The fraction of sp³-hybridized carbons (Fsp3) is 0.412. The van der Waals surface area contributed by atoms with Gasteiger partial charge in [-0.1, -0.05) is 6.42 Å². The first-order valence-electron chi connectivity index (χ1n) is 8.04. The van der Waals surface area contributed by atoms with E-state index < -0.39 is 0 Å². The monoisotopic (exact) mass is 306 g/mol. The van der Waals surface area contributed by atoms with Gasteiger partial charge in [0, 0.05) is 29.8 Å². The van der Waals surface area contributed by atoms with Crippen LogP contribution in [0.2, 0.25) is 0 Å². The Morgan fingerprint density at radius 3 is 3.22 bits per heavy atom. The molecule has 1 aliphatic carbocycles. The van der Waals surface area contributed by atoms with Crippen molar-refractivity contribution in [3.05, 3.63) is 31.0 Å². The van der Waals surface area contributed by atoms with Gasteiger partial charge in [-0.2, -0.15) is 10.4 Å². The van der Waals surface area contributed by atoms with Crippen LogP contribution in [-0.4, -0.2) is 24.7 Å². The summed E-state index contributed by atoms with van der Waals surface area (Å²) in [5.74, 6) is 0.502. The Kier molecular flexibility index (Phi) is 3.54. The van der Waals surface area contributed by atoms with Crippen LogP contribution in [0.4, 0.5) is 0 Å². The maximum Gasteiger partial charge on any atom is 0.141 e. The number of aromatic amines is 1. The summed E-state index contributed by atoms with van der Waals surface area (Å²) < 4.78 is 2.06. The number of fused-ring (bicyclic) bond motifs is 1. The maximum atomic E-state index is 8.92. The van der Waals surface area contributed by atoms with Crippen molar-refractivity contribution in [2.75, 3.05) is 0 Å². The molecule has 23 heavy (non-hydrogen) atoms. The molecule has 1 fully saturated rings. The number of nitrogens with one attached hydrogen (secondary N) is 1. The topological polar surface area (TPSA) is 83.2 Å². The molecule has 0 spiro atoms. The maximum absolute atomic E-state index is 8.92. The molecule has 3 aromatic heterocycles. The predicted octanol–water partition coefficient (Wildman–Crippen LogP) is 3.47. The molecule has 0 aromatic carbocycles. The van der Waals surface area contributed by atoms with Crippen LogP contribution >= 0.6 is 0 Å². The molecule has 0 aliphatic heterocycles. The van der Waals surface area contributed by atoms with Crippen molar-refractivity contribution in [3.63, 3.8) is 0 Å². The van der Waals surface area contributed by atoms with Gasteiger partial charge in [-0.3, -0.25) is 4.68 Å². The predicted molar refractivity (Wildman–Crippen MR) is 86.3 cm³/mol. The van der Waals surface area contributed by atoms with Crippen LogP contribution in [0, 0.1) is 17.2 Å². The largest absolute Gasteiger partial charge is 0.346 e. The van der Waals surface area contributed by atoms with Gasteiger partial charge in [0.15, 0.2) is 0 Å². The molecule has 116 valence electrons. The smallest absolute Gasteiger partial charge is 0.141 e. The molecule has 0 saturated heterocycles. The zero-order chi connectivity index (χ0) is 15.6. The van der Waals surface area contributed by atoms with Crippen LogP contribution in [0.1, 0.15) is 38.1 Å². The second-order valence-electron chi connectivity index (χ2n) is 6.22. The van der Waals surface area contributed by atoms with E-state index in [2.05, 4.69) is 37.0 Å². The van der Waals surface area contributed by atoms with Crippen LogP contribution in [0.3, 0.4) is 0 Å². The molecule has 1 saturated carbocycles. The Morgan fingerprint density at radius 2 is 2.30 bits per heavy atom. The third kappa shape index (κ3) is 2.59. The molecule has 6 nitrogen and oxygen atoms in total. The van der Waals surface area contributed by atoms with E-state index in [1.54, 1.807) is 6.33 Å². The number of nitriles is 1. The molecule has 0 radical (unpaired) electrons. The van der Waals surface area contributed by atoms with E-state index in [0.717, 1.165) is 41.6 Å². The van der Waals surface area contributed by atoms with Crippen molar-refractivity contribution in [3.8, 4) is 17.3 Å². The molecule has 3 aromatic rings. The Labute approximate surface area is 134 Å². The molecule has 4 rings (SSSR count). The molecule has 2 atom stereocenters. The highest BCUT2D eigenvalue weighted by molar-refractivity contribution is 5.89. The van der Waals surface area contributed by atoms with Gasteiger partial charge in [0.25, 0.3) is 0 Å². The third-order valence-corrected chi connectivity index (χ3v) is 4.74. The third-order valence-electron chi connectivity index (χ3n) is 4.74. The number of hydrogen-bond acceptors (Lipinski definition) is 4. The van der Waals surface area contributed by atoms with Crippen LogP contribution in [0.5, 0.6) is 0 Å². The quantitative estimate of drug-likeness (QED) is 0.803. The Morgan fingerprint density at radius 1 is 1.35 bits per heavy atom. The van der Waals surface area contributed by atoms with Crippen LogP contribution in [0.15, 0.2) is 31.0 Å². The standard InChI is InChI=1S/C17H18N6/c18-6-4-12-2-1-3-14(8-12)23-10-13(9-22-23)16-15-5-7-19-17(15)21-11-20-16/h5,7,9-12,14H,1-4,8H2,(H,19,20,21). The van der Waals surface area contributed by atoms with E-state index in [4.69, 9.17) is 5.26 Å². The summed E-state index contributed by atoms with van der Waals surface area (Å²) in [6.45, 7) is 0. The lowest BCUT2D eigenvalue weighted by Crippen LogP contribution is -2.19. The van der Waals surface area contributed by atoms with Crippen LogP contribution in [0.25, 0.3) is 22.3 Å². The minimum Gasteiger partial charge on any atom is -0.346 e. The minimum absolute atomic E-state index is 0.388. The average molecular weight is 306 g/mol. The minimum atomic E-state index is 0.388. The highest BCUT2D eigenvalue weighted by Crippen LogP contribution is 2.34. The second kappa shape index (κ2) is 5.84. The Hall–Kier alpha value is -2.68. The lowest BCUT2D eigenvalue weighted by Gasteiger charge is -2.27. The van der Waals surface area contributed by atoms with E-state index in [1.165, 1.54) is 6.42 Å². The number of nitrogens with zero attached hydrogens (tertiary/aromatic N) is 5. The lowest BCUT2D eigenvalue weighted by molar-refractivity contribution is 0.255. The number of rotatable bonds is 3.